The summed E-state index contributed by atoms with van der Waals surface area (Å²) in [4.78, 5) is 4.28. The van der Waals surface area contributed by atoms with Crippen molar-refractivity contribution in [3.8, 4) is 11.6 Å². The smallest absolute Gasteiger partial charge is 0.257 e. The van der Waals surface area contributed by atoms with Crippen molar-refractivity contribution in [2.45, 2.75) is 45.3 Å². The van der Waals surface area contributed by atoms with Crippen LogP contribution in [0.1, 0.15) is 27.2 Å². The summed E-state index contributed by atoms with van der Waals surface area (Å²) < 4.78 is 18.0. The SMILES string of the molecule is COc1nc(I)ccc1OCCCO[Si](C)(C)C(C)(C)C. The van der Waals surface area contributed by atoms with Crippen LogP contribution in [-0.4, -0.2) is 33.6 Å². The molecule has 1 rings (SSSR count). The van der Waals surface area contributed by atoms with Gasteiger partial charge in [-0.1, -0.05) is 20.8 Å². The van der Waals surface area contributed by atoms with E-state index in [9.17, 15) is 0 Å². The molecule has 0 saturated carbocycles. The molecule has 1 aromatic heterocycles. The molecule has 0 bridgehead atoms. The maximum atomic E-state index is 6.12. The first-order chi connectivity index (χ1) is 9.67. The number of ether oxygens (including phenoxy) is 2. The average molecular weight is 423 g/mol. The summed E-state index contributed by atoms with van der Waals surface area (Å²) in [5.41, 5.74) is 0. The number of halogens is 1. The van der Waals surface area contributed by atoms with Crippen LogP contribution in [0.5, 0.6) is 11.6 Å². The Labute approximate surface area is 142 Å². The summed E-state index contributed by atoms with van der Waals surface area (Å²) >= 11 is 2.15. The fourth-order valence-corrected chi connectivity index (χ4v) is 2.93. The zero-order valence-electron chi connectivity index (χ0n) is 13.8. The van der Waals surface area contributed by atoms with Crippen molar-refractivity contribution in [3.05, 3.63) is 15.8 Å². The minimum absolute atomic E-state index is 0.247. The van der Waals surface area contributed by atoms with Crippen LogP contribution < -0.4 is 9.47 Å². The second kappa shape index (κ2) is 7.78. The monoisotopic (exact) mass is 423 g/mol. The van der Waals surface area contributed by atoms with Crippen molar-refractivity contribution < 1.29 is 13.9 Å². The molecule has 0 unspecified atom stereocenters. The molecule has 120 valence electrons. The normalized spacial score (nSPS) is 12.3. The van der Waals surface area contributed by atoms with E-state index < -0.39 is 8.32 Å². The summed E-state index contributed by atoms with van der Waals surface area (Å²) in [5, 5.41) is 0.247. The van der Waals surface area contributed by atoms with Crippen LogP contribution in [0.15, 0.2) is 12.1 Å². The molecule has 0 fully saturated rings. The lowest BCUT2D eigenvalue weighted by atomic mass is 10.2. The van der Waals surface area contributed by atoms with Gasteiger partial charge in [0.15, 0.2) is 14.1 Å². The molecule has 0 amide bonds. The first-order valence-corrected chi connectivity index (χ1v) is 11.1. The van der Waals surface area contributed by atoms with Crippen LogP contribution in [0.2, 0.25) is 18.1 Å². The summed E-state index contributed by atoms with van der Waals surface area (Å²) in [5.74, 6) is 1.22. The maximum absolute atomic E-state index is 6.12. The van der Waals surface area contributed by atoms with E-state index in [1.54, 1.807) is 7.11 Å². The van der Waals surface area contributed by atoms with E-state index in [1.807, 2.05) is 12.1 Å². The van der Waals surface area contributed by atoms with E-state index in [0.717, 1.165) is 16.7 Å². The summed E-state index contributed by atoms with van der Waals surface area (Å²) in [6, 6.07) is 3.80. The van der Waals surface area contributed by atoms with Crippen LogP contribution in [0.4, 0.5) is 0 Å². The van der Waals surface area contributed by atoms with Gasteiger partial charge < -0.3 is 13.9 Å². The number of hydrogen-bond donors (Lipinski definition) is 0. The average Bonchev–Trinajstić information content (AvgIpc) is 2.38. The van der Waals surface area contributed by atoms with Gasteiger partial charge in [-0.15, -0.1) is 0 Å². The highest BCUT2D eigenvalue weighted by molar-refractivity contribution is 14.1. The van der Waals surface area contributed by atoms with Gasteiger partial charge in [0.25, 0.3) is 5.88 Å². The lowest BCUT2D eigenvalue weighted by Crippen LogP contribution is -2.41. The number of nitrogens with zero attached hydrogens (tertiary/aromatic N) is 1. The Balaban J connectivity index is 2.39. The highest BCUT2D eigenvalue weighted by Gasteiger charge is 2.36. The fourth-order valence-electron chi connectivity index (χ4n) is 1.45. The van der Waals surface area contributed by atoms with Gasteiger partial charge in [0.05, 0.1) is 13.7 Å². The minimum Gasteiger partial charge on any atom is -0.488 e. The van der Waals surface area contributed by atoms with Gasteiger partial charge in [0, 0.05) is 13.0 Å². The molecule has 0 saturated heterocycles. The second-order valence-corrected chi connectivity index (χ2v) is 12.4. The Morgan fingerprint density at radius 3 is 2.43 bits per heavy atom. The van der Waals surface area contributed by atoms with E-state index >= 15 is 0 Å². The molecule has 4 nitrogen and oxygen atoms in total. The summed E-state index contributed by atoms with van der Waals surface area (Å²) in [6.45, 7) is 12.6. The van der Waals surface area contributed by atoms with Crippen molar-refractivity contribution in [1.29, 1.82) is 0 Å². The van der Waals surface area contributed by atoms with Crippen molar-refractivity contribution in [3.63, 3.8) is 0 Å². The van der Waals surface area contributed by atoms with E-state index in [-0.39, 0.29) is 5.04 Å². The zero-order valence-corrected chi connectivity index (χ0v) is 17.0. The van der Waals surface area contributed by atoms with E-state index in [1.165, 1.54) is 0 Å². The van der Waals surface area contributed by atoms with Gasteiger partial charge in [0.1, 0.15) is 3.70 Å². The number of hydrogen-bond acceptors (Lipinski definition) is 4. The van der Waals surface area contributed by atoms with E-state index in [4.69, 9.17) is 13.9 Å². The molecule has 0 aromatic carbocycles. The van der Waals surface area contributed by atoms with Crippen LogP contribution in [0.25, 0.3) is 0 Å². The topological polar surface area (TPSA) is 40.6 Å². The number of pyridine rings is 1. The molecule has 0 atom stereocenters. The predicted octanol–water partition coefficient (Wildman–Crippen LogP) is 4.49. The number of aromatic nitrogens is 1. The van der Waals surface area contributed by atoms with Crippen LogP contribution in [0.3, 0.4) is 0 Å². The Bertz CT molecular complexity index is 461. The molecule has 0 N–H and O–H groups in total. The first kappa shape index (κ1) is 18.7. The fraction of sp³-hybridized carbons (Fsp3) is 0.667. The molecule has 0 radical (unpaired) electrons. The lowest BCUT2D eigenvalue weighted by Gasteiger charge is -2.36. The number of rotatable bonds is 7. The van der Waals surface area contributed by atoms with Gasteiger partial charge in [-0.3, -0.25) is 0 Å². The van der Waals surface area contributed by atoms with Crippen LogP contribution >= 0.6 is 22.6 Å². The summed E-state index contributed by atoms with van der Waals surface area (Å²) in [6.07, 6.45) is 0.863. The predicted molar refractivity (Wildman–Crippen MR) is 96.8 cm³/mol. The van der Waals surface area contributed by atoms with Gasteiger partial charge in [-0.2, -0.15) is 0 Å². The zero-order chi connectivity index (χ0) is 16.1. The molecule has 21 heavy (non-hydrogen) atoms. The van der Waals surface area contributed by atoms with Crippen molar-refractivity contribution >= 4 is 30.9 Å². The third kappa shape index (κ3) is 5.75. The molecular formula is C15H26INO3Si. The molecule has 6 heteroatoms. The van der Waals surface area contributed by atoms with Gasteiger partial charge >= 0.3 is 0 Å². The molecule has 1 aromatic rings. The Kier molecular flexibility index (Phi) is 6.93. The first-order valence-electron chi connectivity index (χ1n) is 7.14. The molecule has 0 aliphatic rings. The molecule has 0 aliphatic carbocycles. The van der Waals surface area contributed by atoms with Crippen molar-refractivity contribution in [2.24, 2.45) is 0 Å². The van der Waals surface area contributed by atoms with Crippen molar-refractivity contribution in [2.75, 3.05) is 20.3 Å². The van der Waals surface area contributed by atoms with Crippen molar-refractivity contribution in [1.82, 2.24) is 4.98 Å². The van der Waals surface area contributed by atoms with Crippen LogP contribution in [0, 0.1) is 3.70 Å². The Hall–Kier alpha value is -0.343. The molecule has 0 spiro atoms. The van der Waals surface area contributed by atoms with E-state index in [0.29, 0.717) is 18.2 Å². The van der Waals surface area contributed by atoms with Gasteiger partial charge in [-0.25, -0.2) is 4.98 Å². The largest absolute Gasteiger partial charge is 0.488 e. The molecule has 1 heterocycles. The summed E-state index contributed by atoms with van der Waals surface area (Å²) in [7, 11) is -0.0500. The third-order valence-electron chi connectivity index (χ3n) is 3.80. The van der Waals surface area contributed by atoms with Crippen LogP contribution in [-0.2, 0) is 4.43 Å². The maximum Gasteiger partial charge on any atom is 0.257 e. The quantitative estimate of drug-likeness (QED) is 0.281. The lowest BCUT2D eigenvalue weighted by molar-refractivity contribution is 0.227. The highest BCUT2D eigenvalue weighted by Crippen LogP contribution is 2.36. The van der Waals surface area contributed by atoms with E-state index in [2.05, 4.69) is 61.4 Å². The number of methoxy groups -OCH3 is 1. The highest BCUT2D eigenvalue weighted by atomic mass is 127. The van der Waals surface area contributed by atoms with Gasteiger partial charge in [0.2, 0.25) is 0 Å². The van der Waals surface area contributed by atoms with Gasteiger partial charge in [-0.05, 0) is 52.9 Å². The Morgan fingerprint density at radius 1 is 1.19 bits per heavy atom. The minimum atomic E-state index is -1.65. The molecular weight excluding hydrogens is 397 g/mol. The second-order valence-electron chi connectivity index (χ2n) is 6.45. The molecule has 0 aliphatic heterocycles. The standard InChI is InChI=1S/C15H26INO3Si/c1-15(2,3)21(5,6)20-11-7-10-19-12-8-9-13(16)17-14(12)18-4/h8-9H,7,10-11H2,1-6H3. The Morgan fingerprint density at radius 2 is 1.86 bits per heavy atom. The third-order valence-corrected chi connectivity index (χ3v) is 8.94.